The zero-order valence-electron chi connectivity index (χ0n) is 21.9. The Morgan fingerprint density at radius 1 is 1.03 bits per heavy atom. The molecule has 200 valence electrons. The molecule has 0 aliphatic carbocycles. The van der Waals surface area contributed by atoms with Gasteiger partial charge in [-0.15, -0.1) is 0 Å². The number of aromatic nitrogens is 1. The van der Waals surface area contributed by atoms with E-state index >= 15 is 0 Å². The molecular weight excluding hydrogens is 497 g/mol. The van der Waals surface area contributed by atoms with Gasteiger partial charge in [0.05, 0.1) is 24.4 Å². The Bertz CT molecular complexity index is 1470. The van der Waals surface area contributed by atoms with Crippen molar-refractivity contribution in [1.29, 1.82) is 0 Å². The van der Waals surface area contributed by atoms with Crippen molar-refractivity contribution in [3.05, 3.63) is 90.2 Å². The van der Waals surface area contributed by atoms with E-state index in [2.05, 4.69) is 39.2 Å². The van der Waals surface area contributed by atoms with Crippen molar-refractivity contribution in [2.45, 2.75) is 20.3 Å². The monoisotopic (exact) mass is 527 g/mol. The lowest BCUT2D eigenvalue weighted by Crippen LogP contribution is -2.25. The van der Waals surface area contributed by atoms with Crippen LogP contribution in [-0.4, -0.2) is 42.2 Å². The van der Waals surface area contributed by atoms with Crippen molar-refractivity contribution < 1.29 is 18.7 Å². The first-order chi connectivity index (χ1) is 19.0. The first-order valence-electron chi connectivity index (χ1n) is 12.8. The van der Waals surface area contributed by atoms with Gasteiger partial charge in [0.2, 0.25) is 5.69 Å². The molecule has 0 saturated carbocycles. The van der Waals surface area contributed by atoms with Crippen LogP contribution in [0.4, 0.5) is 26.2 Å². The molecule has 4 rings (SSSR count). The van der Waals surface area contributed by atoms with Gasteiger partial charge >= 0.3 is 6.03 Å². The number of nitrogens with zero attached hydrogens (tertiary/aromatic N) is 3. The average Bonchev–Trinajstić information content (AvgIpc) is 2.95. The van der Waals surface area contributed by atoms with Gasteiger partial charge in [0, 0.05) is 29.9 Å². The second-order valence-electron chi connectivity index (χ2n) is 8.68. The van der Waals surface area contributed by atoms with E-state index in [-0.39, 0.29) is 11.4 Å². The predicted octanol–water partition coefficient (Wildman–Crippen LogP) is 7.47. The van der Waals surface area contributed by atoms with E-state index in [9.17, 15) is 9.18 Å². The van der Waals surface area contributed by atoms with Crippen molar-refractivity contribution in [3.8, 4) is 17.2 Å². The molecule has 1 aromatic heterocycles. The highest BCUT2D eigenvalue weighted by atomic mass is 19.1. The van der Waals surface area contributed by atoms with Gasteiger partial charge in [-0.1, -0.05) is 32.0 Å². The molecule has 0 bridgehead atoms. The summed E-state index contributed by atoms with van der Waals surface area (Å²) in [7, 11) is 0. The molecular formula is C30H30FN5O3. The van der Waals surface area contributed by atoms with Crippen LogP contribution in [0.25, 0.3) is 15.7 Å². The van der Waals surface area contributed by atoms with E-state index in [0.717, 1.165) is 26.1 Å². The minimum absolute atomic E-state index is 0.00782. The quantitative estimate of drug-likeness (QED) is 0.156. The summed E-state index contributed by atoms with van der Waals surface area (Å²) in [6.45, 7) is 15.3. The SMILES string of the molecule is [C-]#[N+]c1cc2c(Oc3ccc(NC(=O)Nc4ccccc4)c(F)c3)ccnc2cc1OCCCN(CC)CC. The third-order valence-corrected chi connectivity index (χ3v) is 6.12. The van der Waals surface area contributed by atoms with Gasteiger partial charge in [-0.05, 0) is 62.0 Å². The summed E-state index contributed by atoms with van der Waals surface area (Å²) in [5, 5.41) is 5.74. The molecule has 0 spiro atoms. The highest BCUT2D eigenvalue weighted by Gasteiger charge is 2.14. The molecule has 9 heteroatoms. The molecule has 2 amide bonds. The van der Waals surface area contributed by atoms with Gasteiger partial charge in [-0.25, -0.2) is 14.0 Å². The number of halogens is 1. The maximum atomic E-state index is 14.8. The number of fused-ring (bicyclic) bond motifs is 1. The number of rotatable bonds is 11. The van der Waals surface area contributed by atoms with E-state index in [1.54, 1.807) is 54.7 Å². The second kappa shape index (κ2) is 13.2. The van der Waals surface area contributed by atoms with Gasteiger partial charge in [0.1, 0.15) is 23.1 Å². The van der Waals surface area contributed by atoms with Crippen LogP contribution in [0.5, 0.6) is 17.2 Å². The summed E-state index contributed by atoms with van der Waals surface area (Å²) in [4.78, 5) is 22.6. The molecule has 1 heterocycles. The van der Waals surface area contributed by atoms with Crippen LogP contribution in [0.1, 0.15) is 20.3 Å². The Balaban J connectivity index is 1.46. The Labute approximate surface area is 227 Å². The maximum absolute atomic E-state index is 14.8. The number of ether oxygens (including phenoxy) is 2. The number of hydrogen-bond donors (Lipinski definition) is 2. The number of pyridine rings is 1. The van der Waals surface area contributed by atoms with Crippen LogP contribution < -0.4 is 20.1 Å². The van der Waals surface area contributed by atoms with Gasteiger partial charge in [-0.3, -0.25) is 4.98 Å². The molecule has 8 nitrogen and oxygen atoms in total. The number of carbonyl (C=O) groups is 1. The fraction of sp³-hybridized carbons (Fsp3) is 0.233. The van der Waals surface area contributed by atoms with Gasteiger partial charge < -0.3 is 25.0 Å². The lowest BCUT2D eigenvalue weighted by Gasteiger charge is -2.18. The average molecular weight is 528 g/mol. The van der Waals surface area contributed by atoms with Crippen LogP contribution in [0.2, 0.25) is 0 Å². The smallest absolute Gasteiger partial charge is 0.323 e. The zero-order chi connectivity index (χ0) is 27.6. The predicted molar refractivity (Wildman–Crippen MR) is 151 cm³/mol. The molecule has 4 aromatic rings. The largest absolute Gasteiger partial charge is 0.504 e. The lowest BCUT2D eigenvalue weighted by molar-refractivity contribution is 0.250. The third kappa shape index (κ3) is 7.21. The van der Waals surface area contributed by atoms with Gasteiger partial charge in [-0.2, -0.15) is 0 Å². The molecule has 0 saturated heterocycles. The van der Waals surface area contributed by atoms with Crippen molar-refractivity contribution in [3.63, 3.8) is 0 Å². The summed E-state index contributed by atoms with van der Waals surface area (Å²) < 4.78 is 26.7. The molecule has 0 radical (unpaired) electrons. The summed E-state index contributed by atoms with van der Waals surface area (Å²) in [5.41, 5.74) is 1.54. The number of carbonyl (C=O) groups excluding carboxylic acids is 1. The lowest BCUT2D eigenvalue weighted by atomic mass is 10.1. The minimum Gasteiger partial charge on any atom is -0.504 e. The summed E-state index contributed by atoms with van der Waals surface area (Å²) in [6, 6.07) is 17.5. The van der Waals surface area contributed by atoms with E-state index in [4.69, 9.17) is 16.0 Å². The summed E-state index contributed by atoms with van der Waals surface area (Å²) in [6.07, 6.45) is 2.43. The first-order valence-corrected chi connectivity index (χ1v) is 12.8. The molecule has 0 atom stereocenters. The number of hydrogen-bond acceptors (Lipinski definition) is 5. The third-order valence-electron chi connectivity index (χ3n) is 6.12. The van der Waals surface area contributed by atoms with Crippen LogP contribution in [0.3, 0.4) is 0 Å². The Hall–Kier alpha value is -4.68. The Morgan fingerprint density at radius 2 is 1.82 bits per heavy atom. The molecule has 0 aliphatic heterocycles. The molecule has 3 aromatic carbocycles. The number of amides is 2. The van der Waals surface area contributed by atoms with Crippen LogP contribution in [-0.2, 0) is 0 Å². The zero-order valence-corrected chi connectivity index (χ0v) is 21.9. The number of urea groups is 1. The first kappa shape index (κ1) is 27.4. The van der Waals surface area contributed by atoms with Gasteiger partial charge in [0.15, 0.2) is 0 Å². The van der Waals surface area contributed by atoms with E-state index in [1.807, 2.05) is 6.07 Å². The van der Waals surface area contributed by atoms with Gasteiger partial charge in [0.25, 0.3) is 0 Å². The number of benzene rings is 3. The summed E-state index contributed by atoms with van der Waals surface area (Å²) in [5.74, 6) is 0.461. The highest BCUT2D eigenvalue weighted by Crippen LogP contribution is 2.37. The number of para-hydroxylation sites is 1. The standard InChI is InChI=1S/C30H30FN5O3/c1-4-36(5-2)16-9-17-38-29-20-26-23(19-27(29)32-3)28(14-15-33-26)39-22-12-13-25(24(31)18-22)35-30(37)34-21-10-7-6-8-11-21/h6-8,10-15,18-20H,4-5,9,16-17H2,1-2H3,(H2,34,35,37). The van der Waals surface area contributed by atoms with Crippen LogP contribution in [0.15, 0.2) is 72.9 Å². The number of anilines is 2. The van der Waals surface area contributed by atoms with E-state index in [1.165, 1.54) is 12.1 Å². The molecule has 39 heavy (non-hydrogen) atoms. The van der Waals surface area contributed by atoms with Crippen molar-refractivity contribution >= 4 is 34.0 Å². The molecule has 2 N–H and O–H groups in total. The molecule has 0 unspecified atom stereocenters. The van der Waals surface area contributed by atoms with Crippen molar-refractivity contribution in [1.82, 2.24) is 9.88 Å². The fourth-order valence-electron chi connectivity index (χ4n) is 4.03. The maximum Gasteiger partial charge on any atom is 0.323 e. The Kier molecular flexibility index (Phi) is 9.27. The molecule has 0 fully saturated rings. The van der Waals surface area contributed by atoms with E-state index in [0.29, 0.717) is 40.4 Å². The normalized spacial score (nSPS) is 10.7. The van der Waals surface area contributed by atoms with Crippen molar-refractivity contribution in [2.75, 3.05) is 36.9 Å². The topological polar surface area (TPSA) is 80.1 Å². The second-order valence-corrected chi connectivity index (χ2v) is 8.68. The Morgan fingerprint density at radius 3 is 2.54 bits per heavy atom. The highest BCUT2D eigenvalue weighted by molar-refractivity contribution is 5.99. The fourth-order valence-corrected chi connectivity index (χ4v) is 4.03. The minimum atomic E-state index is -0.656. The van der Waals surface area contributed by atoms with Crippen LogP contribution in [0, 0.1) is 12.4 Å². The van der Waals surface area contributed by atoms with Crippen molar-refractivity contribution in [2.24, 2.45) is 0 Å². The van der Waals surface area contributed by atoms with Crippen LogP contribution >= 0.6 is 0 Å². The van der Waals surface area contributed by atoms with E-state index < -0.39 is 11.8 Å². The number of nitrogens with one attached hydrogen (secondary N) is 2. The summed E-state index contributed by atoms with van der Waals surface area (Å²) >= 11 is 0. The molecule has 0 aliphatic rings.